The van der Waals surface area contributed by atoms with Crippen LogP contribution in [0.2, 0.25) is 0 Å². The molecular formula is C24H22N4O3S. The second kappa shape index (κ2) is 8.20. The fourth-order valence-electron chi connectivity index (χ4n) is 3.94. The lowest BCUT2D eigenvalue weighted by molar-refractivity contribution is -0.117. The highest BCUT2D eigenvalue weighted by Gasteiger charge is 2.32. The molecule has 8 heteroatoms. The van der Waals surface area contributed by atoms with Crippen LogP contribution in [0.4, 0.5) is 5.82 Å². The first kappa shape index (κ1) is 20.4. The number of benzene rings is 1. The number of amides is 2. The molecule has 0 spiro atoms. The number of pyridine rings is 1. The third-order valence-electron chi connectivity index (χ3n) is 5.80. The molecule has 2 aromatic heterocycles. The van der Waals surface area contributed by atoms with Crippen LogP contribution in [-0.4, -0.2) is 35.9 Å². The molecule has 1 aromatic carbocycles. The smallest absolute Gasteiger partial charge is 0.253 e. The Morgan fingerprint density at radius 1 is 1.22 bits per heavy atom. The zero-order valence-corrected chi connectivity index (χ0v) is 18.6. The van der Waals surface area contributed by atoms with E-state index in [2.05, 4.69) is 20.6 Å². The summed E-state index contributed by atoms with van der Waals surface area (Å²) in [6.45, 7) is 0. The summed E-state index contributed by atoms with van der Waals surface area (Å²) in [5.74, 6) is 1.10. The van der Waals surface area contributed by atoms with Gasteiger partial charge in [-0.2, -0.15) is 0 Å². The minimum atomic E-state index is -0.211. The Hall–Kier alpha value is -3.52. The Kier molecular flexibility index (Phi) is 5.22. The van der Waals surface area contributed by atoms with Crippen molar-refractivity contribution in [3.05, 3.63) is 58.2 Å². The highest BCUT2D eigenvalue weighted by atomic mass is 32.1. The van der Waals surface area contributed by atoms with Crippen LogP contribution in [-0.2, 0) is 11.2 Å². The van der Waals surface area contributed by atoms with Gasteiger partial charge in [0.15, 0.2) is 0 Å². The highest BCUT2D eigenvalue weighted by molar-refractivity contribution is 7.13. The molecule has 0 radical (unpaired) electrons. The van der Waals surface area contributed by atoms with Crippen molar-refractivity contribution in [2.75, 3.05) is 19.5 Å². The number of nitrogens with zero attached hydrogens (tertiary/aromatic N) is 2. The van der Waals surface area contributed by atoms with Crippen molar-refractivity contribution in [1.82, 2.24) is 15.3 Å². The van der Waals surface area contributed by atoms with Crippen molar-refractivity contribution < 1.29 is 14.3 Å². The van der Waals surface area contributed by atoms with Gasteiger partial charge in [0, 0.05) is 53.9 Å². The molecule has 5 rings (SSSR count). The van der Waals surface area contributed by atoms with Crippen molar-refractivity contribution in [3.8, 4) is 16.3 Å². The number of fused-ring (bicyclic) bond motifs is 1. The Morgan fingerprint density at radius 3 is 2.75 bits per heavy atom. The molecule has 0 atom stereocenters. The second-order valence-corrected chi connectivity index (χ2v) is 8.75. The molecule has 2 N–H and O–H groups in total. The maximum absolute atomic E-state index is 12.5. The van der Waals surface area contributed by atoms with Crippen LogP contribution in [0, 0.1) is 5.92 Å². The van der Waals surface area contributed by atoms with E-state index in [0.29, 0.717) is 17.8 Å². The van der Waals surface area contributed by atoms with E-state index >= 15 is 0 Å². The van der Waals surface area contributed by atoms with E-state index in [9.17, 15) is 9.59 Å². The first-order valence-electron chi connectivity index (χ1n) is 10.4. The number of carbonyl (C=O) groups is 2. The van der Waals surface area contributed by atoms with Gasteiger partial charge in [-0.25, -0.2) is 9.97 Å². The summed E-state index contributed by atoms with van der Waals surface area (Å²) >= 11 is 1.57. The minimum Gasteiger partial charge on any atom is -0.496 e. The molecule has 32 heavy (non-hydrogen) atoms. The van der Waals surface area contributed by atoms with Gasteiger partial charge in [0.05, 0.1) is 12.7 Å². The Morgan fingerprint density at radius 2 is 2.06 bits per heavy atom. The van der Waals surface area contributed by atoms with Gasteiger partial charge in [-0.1, -0.05) is 12.1 Å². The van der Waals surface area contributed by atoms with Gasteiger partial charge in [0.1, 0.15) is 16.6 Å². The molecule has 3 aromatic rings. The fourth-order valence-corrected chi connectivity index (χ4v) is 4.58. The van der Waals surface area contributed by atoms with E-state index in [1.807, 2.05) is 29.7 Å². The van der Waals surface area contributed by atoms with Crippen LogP contribution in [0.3, 0.4) is 0 Å². The second-order valence-electron chi connectivity index (χ2n) is 7.85. The molecule has 2 aliphatic carbocycles. The number of allylic oxidation sites excluding steroid dienone is 1. The van der Waals surface area contributed by atoms with Gasteiger partial charge in [-0.05, 0) is 36.1 Å². The summed E-state index contributed by atoms with van der Waals surface area (Å²) in [4.78, 5) is 33.6. The number of methoxy groups -OCH3 is 1. The maximum Gasteiger partial charge on any atom is 0.253 e. The van der Waals surface area contributed by atoms with Crippen LogP contribution in [0.1, 0.15) is 39.9 Å². The van der Waals surface area contributed by atoms with Crippen molar-refractivity contribution >= 4 is 40.6 Å². The molecule has 0 unspecified atom stereocenters. The number of thiazole rings is 1. The van der Waals surface area contributed by atoms with E-state index in [4.69, 9.17) is 4.74 Å². The summed E-state index contributed by atoms with van der Waals surface area (Å²) < 4.78 is 5.70. The maximum atomic E-state index is 12.5. The summed E-state index contributed by atoms with van der Waals surface area (Å²) in [7, 11) is 3.24. The van der Waals surface area contributed by atoms with Gasteiger partial charge < -0.3 is 15.4 Å². The third kappa shape index (κ3) is 3.67. The normalized spacial score (nSPS) is 14.5. The first-order chi connectivity index (χ1) is 15.6. The SMILES string of the molecule is CNC(=O)c1cnc(NC(=O)C2CC2)c2c1C=C(c1ccc(-c3nccs3)cc1OC)C2. The van der Waals surface area contributed by atoms with E-state index in [-0.39, 0.29) is 17.7 Å². The van der Waals surface area contributed by atoms with Gasteiger partial charge in [0.2, 0.25) is 5.91 Å². The molecule has 2 amide bonds. The molecule has 0 bridgehead atoms. The number of carbonyl (C=O) groups excluding carboxylic acids is 2. The minimum absolute atomic E-state index is 0.00813. The molecule has 1 fully saturated rings. The molecule has 0 saturated heterocycles. The Bertz CT molecular complexity index is 1250. The fraction of sp³-hybridized carbons (Fsp3) is 0.250. The quantitative estimate of drug-likeness (QED) is 0.597. The predicted molar refractivity (Wildman–Crippen MR) is 125 cm³/mol. The summed E-state index contributed by atoms with van der Waals surface area (Å²) in [6.07, 6.45) is 7.67. The number of hydrogen-bond donors (Lipinski definition) is 2. The molecule has 0 aliphatic heterocycles. The summed E-state index contributed by atoms with van der Waals surface area (Å²) in [5, 5.41) is 8.50. The average molecular weight is 447 g/mol. The standard InChI is InChI=1S/C24H22N4O3S/c1-25-23(30)19-12-27-21(28-22(29)13-3-4-13)18-10-15(9-17(18)19)16-6-5-14(11-20(16)31-2)24-26-7-8-32-24/h5-9,11-13H,3-4,10H2,1-2H3,(H,25,30)(H,27,28,29). The van der Waals surface area contributed by atoms with E-state index in [1.54, 1.807) is 31.7 Å². The van der Waals surface area contributed by atoms with Crippen molar-refractivity contribution in [1.29, 1.82) is 0 Å². The van der Waals surface area contributed by atoms with Gasteiger partial charge in [0.25, 0.3) is 5.91 Å². The lowest BCUT2D eigenvalue weighted by atomic mass is 10.0. The largest absolute Gasteiger partial charge is 0.496 e. The van der Waals surface area contributed by atoms with Crippen molar-refractivity contribution in [3.63, 3.8) is 0 Å². The Labute approximate surface area is 189 Å². The van der Waals surface area contributed by atoms with E-state index in [1.165, 1.54) is 6.20 Å². The molecule has 2 aliphatic rings. The van der Waals surface area contributed by atoms with Crippen molar-refractivity contribution in [2.45, 2.75) is 19.3 Å². The molecular weight excluding hydrogens is 424 g/mol. The lowest BCUT2D eigenvalue weighted by Gasteiger charge is -2.13. The van der Waals surface area contributed by atoms with Gasteiger partial charge in [-0.15, -0.1) is 11.3 Å². The van der Waals surface area contributed by atoms with Crippen LogP contribution in [0.5, 0.6) is 5.75 Å². The predicted octanol–water partition coefficient (Wildman–Crippen LogP) is 4.02. The van der Waals surface area contributed by atoms with E-state index < -0.39 is 0 Å². The molecule has 2 heterocycles. The number of ether oxygens (including phenoxy) is 1. The number of anilines is 1. The van der Waals surface area contributed by atoms with Gasteiger partial charge >= 0.3 is 0 Å². The number of nitrogens with one attached hydrogen (secondary N) is 2. The lowest BCUT2D eigenvalue weighted by Crippen LogP contribution is -2.21. The first-order valence-corrected chi connectivity index (χ1v) is 11.3. The molecule has 7 nitrogen and oxygen atoms in total. The number of rotatable bonds is 6. The zero-order valence-electron chi connectivity index (χ0n) is 17.8. The van der Waals surface area contributed by atoms with E-state index in [0.717, 1.165) is 51.4 Å². The van der Waals surface area contributed by atoms with Crippen molar-refractivity contribution in [2.24, 2.45) is 5.92 Å². The van der Waals surface area contributed by atoms with Crippen LogP contribution >= 0.6 is 11.3 Å². The average Bonchev–Trinajstić information content (AvgIpc) is 3.34. The summed E-state index contributed by atoms with van der Waals surface area (Å²) in [5.41, 5.74) is 5.05. The number of hydrogen-bond acceptors (Lipinski definition) is 6. The monoisotopic (exact) mass is 446 g/mol. The molecule has 162 valence electrons. The van der Waals surface area contributed by atoms with Crippen LogP contribution < -0.4 is 15.4 Å². The Balaban J connectivity index is 1.54. The summed E-state index contributed by atoms with van der Waals surface area (Å²) in [6, 6.07) is 6.02. The molecule has 1 saturated carbocycles. The van der Waals surface area contributed by atoms with Crippen LogP contribution in [0.25, 0.3) is 22.2 Å². The number of aromatic nitrogens is 2. The highest BCUT2D eigenvalue weighted by Crippen LogP contribution is 2.41. The van der Waals surface area contributed by atoms with Crippen LogP contribution in [0.15, 0.2) is 36.0 Å². The topological polar surface area (TPSA) is 93.2 Å². The third-order valence-corrected chi connectivity index (χ3v) is 6.62. The van der Waals surface area contributed by atoms with Gasteiger partial charge in [-0.3, -0.25) is 9.59 Å². The zero-order chi connectivity index (χ0) is 22.2.